The quantitative estimate of drug-likeness (QED) is 0.301. The van der Waals surface area contributed by atoms with E-state index in [4.69, 9.17) is 44.3 Å². The van der Waals surface area contributed by atoms with Crippen molar-refractivity contribution in [3.63, 3.8) is 0 Å². The average molecular weight is 518 g/mol. The van der Waals surface area contributed by atoms with Crippen LogP contribution in [0.25, 0.3) is 22.8 Å². The molecule has 7 nitrogen and oxygen atoms in total. The summed E-state index contributed by atoms with van der Waals surface area (Å²) in [4.78, 5) is 14.1. The van der Waals surface area contributed by atoms with E-state index >= 15 is 0 Å². The van der Waals surface area contributed by atoms with E-state index in [1.807, 2.05) is 13.0 Å². The van der Waals surface area contributed by atoms with Crippen molar-refractivity contribution < 1.29 is 14.3 Å². The van der Waals surface area contributed by atoms with Crippen molar-refractivity contribution >= 4 is 63.5 Å². The number of nitrogens with zero attached hydrogens (tertiary/aromatic N) is 3. The standard InChI is InChI=1S/C24H19Cl3N4O3/c1-13-8-20-21(30-31(29-20)16-5-6-22(33-2)17(26)11-16)12-19(13)28-23(32)7-4-14-9-15(25)10-18(27)24(14)34-3/h4-12H,1-3H3,(H,28,32)/b7-4+. The number of nitrogens with one attached hydrogen (secondary N) is 1. The second-order valence-electron chi connectivity index (χ2n) is 7.30. The molecule has 174 valence electrons. The van der Waals surface area contributed by atoms with Crippen molar-refractivity contribution in [3.05, 3.63) is 74.7 Å². The lowest BCUT2D eigenvalue weighted by molar-refractivity contribution is -0.111. The first-order chi connectivity index (χ1) is 16.3. The number of aryl methyl sites for hydroxylation is 1. The number of ether oxygens (including phenoxy) is 2. The van der Waals surface area contributed by atoms with Crippen LogP contribution in [0.1, 0.15) is 11.1 Å². The molecular weight excluding hydrogens is 499 g/mol. The number of anilines is 1. The molecule has 0 unspecified atom stereocenters. The number of hydrogen-bond donors (Lipinski definition) is 1. The molecule has 1 heterocycles. The Morgan fingerprint density at radius 2 is 1.71 bits per heavy atom. The van der Waals surface area contributed by atoms with Gasteiger partial charge >= 0.3 is 0 Å². The van der Waals surface area contributed by atoms with Crippen LogP contribution in [0.2, 0.25) is 15.1 Å². The van der Waals surface area contributed by atoms with Crippen molar-refractivity contribution in [2.75, 3.05) is 19.5 Å². The lowest BCUT2D eigenvalue weighted by atomic mass is 10.1. The molecule has 0 spiro atoms. The van der Waals surface area contributed by atoms with Crippen molar-refractivity contribution in [3.8, 4) is 17.2 Å². The lowest BCUT2D eigenvalue weighted by Gasteiger charge is -2.08. The van der Waals surface area contributed by atoms with Crippen LogP contribution < -0.4 is 14.8 Å². The molecule has 0 fully saturated rings. The predicted molar refractivity (Wildman–Crippen MR) is 136 cm³/mol. The van der Waals surface area contributed by atoms with E-state index in [1.54, 1.807) is 49.6 Å². The highest BCUT2D eigenvalue weighted by Crippen LogP contribution is 2.33. The summed E-state index contributed by atoms with van der Waals surface area (Å²) >= 11 is 18.4. The van der Waals surface area contributed by atoms with E-state index in [1.165, 1.54) is 18.0 Å². The fraction of sp³-hybridized carbons (Fsp3) is 0.125. The van der Waals surface area contributed by atoms with Gasteiger partial charge in [-0.1, -0.05) is 34.8 Å². The molecule has 4 rings (SSSR count). The summed E-state index contributed by atoms with van der Waals surface area (Å²) in [7, 11) is 3.05. The average Bonchev–Trinajstić information content (AvgIpc) is 3.20. The van der Waals surface area contributed by atoms with Gasteiger partial charge in [-0.05, 0) is 61.0 Å². The third kappa shape index (κ3) is 4.97. The third-order valence-electron chi connectivity index (χ3n) is 5.01. The Balaban J connectivity index is 1.58. The minimum atomic E-state index is -0.338. The first kappa shape index (κ1) is 23.9. The summed E-state index contributed by atoms with van der Waals surface area (Å²) in [5, 5.41) is 13.1. The Morgan fingerprint density at radius 1 is 0.971 bits per heavy atom. The number of halogens is 3. The summed E-state index contributed by atoms with van der Waals surface area (Å²) in [6.07, 6.45) is 2.97. The van der Waals surface area contributed by atoms with Crippen molar-refractivity contribution in [2.45, 2.75) is 6.92 Å². The third-order valence-corrected chi connectivity index (χ3v) is 5.80. The lowest BCUT2D eigenvalue weighted by Crippen LogP contribution is -2.09. The maximum absolute atomic E-state index is 12.6. The Bertz CT molecular complexity index is 1430. The minimum Gasteiger partial charge on any atom is -0.495 e. The summed E-state index contributed by atoms with van der Waals surface area (Å²) in [5.41, 5.74) is 4.00. The second kappa shape index (κ2) is 9.93. The van der Waals surface area contributed by atoms with Gasteiger partial charge in [-0.2, -0.15) is 4.80 Å². The zero-order valence-electron chi connectivity index (χ0n) is 18.4. The van der Waals surface area contributed by atoms with Gasteiger partial charge in [-0.15, -0.1) is 10.2 Å². The fourth-order valence-electron chi connectivity index (χ4n) is 3.36. The normalized spacial score (nSPS) is 11.2. The van der Waals surface area contributed by atoms with Crippen molar-refractivity contribution in [2.24, 2.45) is 0 Å². The van der Waals surface area contributed by atoms with Gasteiger partial charge in [0.05, 0.1) is 30.0 Å². The largest absolute Gasteiger partial charge is 0.495 e. The fourth-order valence-corrected chi connectivity index (χ4v) is 4.20. The highest BCUT2D eigenvalue weighted by molar-refractivity contribution is 6.36. The van der Waals surface area contributed by atoms with Crippen LogP contribution in [-0.2, 0) is 4.79 Å². The van der Waals surface area contributed by atoms with Crippen molar-refractivity contribution in [1.82, 2.24) is 15.0 Å². The molecular formula is C24H19Cl3N4O3. The Morgan fingerprint density at radius 3 is 2.38 bits per heavy atom. The van der Waals surface area contributed by atoms with Gasteiger partial charge in [0.15, 0.2) is 0 Å². The van der Waals surface area contributed by atoms with Crippen LogP contribution in [0, 0.1) is 6.92 Å². The van der Waals surface area contributed by atoms with Crippen LogP contribution in [0.15, 0.2) is 48.5 Å². The number of carbonyl (C=O) groups excluding carboxylic acids is 1. The van der Waals surface area contributed by atoms with E-state index in [-0.39, 0.29) is 5.91 Å². The molecule has 0 aliphatic carbocycles. The van der Waals surface area contributed by atoms with Gasteiger partial charge < -0.3 is 14.8 Å². The second-order valence-corrected chi connectivity index (χ2v) is 8.55. The Kier molecular flexibility index (Phi) is 6.97. The first-order valence-corrected chi connectivity index (χ1v) is 11.2. The van der Waals surface area contributed by atoms with Crippen LogP contribution in [0.3, 0.4) is 0 Å². The van der Waals surface area contributed by atoms with Gasteiger partial charge in [0.1, 0.15) is 22.5 Å². The van der Waals surface area contributed by atoms with Gasteiger partial charge in [0, 0.05) is 22.3 Å². The number of rotatable bonds is 6. The zero-order chi connectivity index (χ0) is 24.4. The molecule has 34 heavy (non-hydrogen) atoms. The number of benzene rings is 3. The molecule has 1 amide bonds. The topological polar surface area (TPSA) is 78.3 Å². The van der Waals surface area contributed by atoms with Crippen LogP contribution in [0.5, 0.6) is 11.5 Å². The molecule has 3 aromatic carbocycles. The minimum absolute atomic E-state index is 0.338. The molecule has 1 aromatic heterocycles. The van der Waals surface area contributed by atoms with Crippen LogP contribution in [0.4, 0.5) is 5.69 Å². The number of aromatic nitrogens is 3. The summed E-state index contributed by atoms with van der Waals surface area (Å²) in [6.45, 7) is 1.88. The van der Waals surface area contributed by atoms with Gasteiger partial charge in [0.25, 0.3) is 0 Å². The molecule has 4 aromatic rings. The van der Waals surface area contributed by atoms with Gasteiger partial charge in [-0.25, -0.2) is 0 Å². The molecule has 0 aliphatic heterocycles. The van der Waals surface area contributed by atoms with Gasteiger partial charge in [0.2, 0.25) is 5.91 Å². The summed E-state index contributed by atoms with van der Waals surface area (Å²) in [6, 6.07) is 12.1. The number of amides is 1. The van der Waals surface area contributed by atoms with E-state index in [0.717, 1.165) is 5.56 Å². The molecule has 0 atom stereocenters. The smallest absolute Gasteiger partial charge is 0.248 e. The highest BCUT2D eigenvalue weighted by atomic mass is 35.5. The van der Waals surface area contributed by atoms with Crippen LogP contribution >= 0.6 is 34.8 Å². The number of hydrogen-bond acceptors (Lipinski definition) is 5. The molecule has 0 aliphatic rings. The van der Waals surface area contributed by atoms with Gasteiger partial charge in [-0.3, -0.25) is 4.79 Å². The highest BCUT2D eigenvalue weighted by Gasteiger charge is 2.12. The monoisotopic (exact) mass is 516 g/mol. The van der Waals surface area contributed by atoms with E-state index in [0.29, 0.717) is 54.5 Å². The number of carbonyl (C=O) groups is 1. The predicted octanol–water partition coefficient (Wildman–Crippen LogP) is 6.36. The Hall–Kier alpha value is -3.26. The molecule has 0 bridgehead atoms. The maximum Gasteiger partial charge on any atom is 0.248 e. The van der Waals surface area contributed by atoms with Crippen LogP contribution in [-0.4, -0.2) is 35.1 Å². The Labute approximate surface area is 210 Å². The number of fused-ring (bicyclic) bond motifs is 1. The van der Waals surface area contributed by atoms with E-state index in [2.05, 4.69) is 15.5 Å². The molecule has 0 saturated carbocycles. The summed E-state index contributed by atoms with van der Waals surface area (Å²) < 4.78 is 10.5. The molecule has 0 saturated heterocycles. The SMILES string of the molecule is COc1ccc(-n2nc3cc(C)c(NC(=O)/C=C/c4cc(Cl)cc(Cl)c4OC)cc3n2)cc1Cl. The molecule has 10 heteroatoms. The number of methoxy groups -OCH3 is 2. The van der Waals surface area contributed by atoms with E-state index in [9.17, 15) is 4.79 Å². The van der Waals surface area contributed by atoms with Crippen molar-refractivity contribution in [1.29, 1.82) is 0 Å². The van der Waals surface area contributed by atoms with E-state index < -0.39 is 0 Å². The molecule has 1 N–H and O–H groups in total. The first-order valence-electron chi connectivity index (χ1n) is 10.0. The summed E-state index contributed by atoms with van der Waals surface area (Å²) in [5.74, 6) is 0.659. The molecule has 0 radical (unpaired) electrons. The zero-order valence-corrected chi connectivity index (χ0v) is 20.7. The maximum atomic E-state index is 12.6.